The predicted molar refractivity (Wildman–Crippen MR) is 116 cm³/mol. The van der Waals surface area contributed by atoms with Crippen LogP contribution in [0.5, 0.6) is 17.2 Å². The van der Waals surface area contributed by atoms with Crippen LogP contribution in [0.1, 0.15) is 40.9 Å². The molecule has 5 nitrogen and oxygen atoms in total. The summed E-state index contributed by atoms with van der Waals surface area (Å²) in [6, 6.07) is 22.6. The van der Waals surface area contributed by atoms with Crippen molar-refractivity contribution in [3.63, 3.8) is 0 Å². The molecule has 0 fully saturated rings. The Balaban J connectivity index is 1.62. The van der Waals surface area contributed by atoms with Crippen molar-refractivity contribution >= 4 is 5.71 Å². The van der Waals surface area contributed by atoms with Crippen LogP contribution in [0.3, 0.4) is 0 Å². The number of aryl methyl sites for hydroxylation is 1. The molecule has 0 saturated heterocycles. The van der Waals surface area contributed by atoms with Crippen molar-refractivity contribution < 1.29 is 14.2 Å². The molecule has 152 valence electrons. The second-order valence-electron chi connectivity index (χ2n) is 7.63. The molecule has 0 aliphatic carbocycles. The predicted octanol–water partition coefficient (Wildman–Crippen LogP) is 5.25. The standard InChI is InChI=1S/C25H24N2O3/c1-16-8-10-17(11-9-16)21-15-22-19-6-4-5-7-24(19)30-25(27(22)26-21)20-14-18(28-2)12-13-23(20)29-3/h4-14,22,25H,15H2,1-3H3/t22-,25+/m1/s1. The lowest BCUT2D eigenvalue weighted by Gasteiger charge is -2.38. The SMILES string of the molecule is COc1ccc(OC)c([C@@H]2Oc3ccccc3[C@H]3CC(c4ccc(C)cc4)=NN32)c1. The molecule has 0 amide bonds. The average Bonchev–Trinajstić information content (AvgIpc) is 3.24. The van der Waals surface area contributed by atoms with E-state index in [2.05, 4.69) is 48.3 Å². The van der Waals surface area contributed by atoms with Crippen LogP contribution >= 0.6 is 0 Å². The van der Waals surface area contributed by atoms with Crippen molar-refractivity contribution in [2.24, 2.45) is 5.10 Å². The number of nitrogens with zero attached hydrogens (tertiary/aromatic N) is 2. The Morgan fingerprint density at radius 1 is 0.933 bits per heavy atom. The topological polar surface area (TPSA) is 43.3 Å². The molecule has 2 atom stereocenters. The molecule has 30 heavy (non-hydrogen) atoms. The zero-order valence-electron chi connectivity index (χ0n) is 17.3. The molecule has 2 aliphatic heterocycles. The van der Waals surface area contributed by atoms with Crippen LogP contribution in [0.25, 0.3) is 0 Å². The first-order chi connectivity index (χ1) is 14.7. The summed E-state index contributed by atoms with van der Waals surface area (Å²) in [5.74, 6) is 2.39. The molecule has 0 spiro atoms. The van der Waals surface area contributed by atoms with Gasteiger partial charge in [-0.05, 0) is 36.8 Å². The van der Waals surface area contributed by atoms with E-state index in [-0.39, 0.29) is 6.04 Å². The van der Waals surface area contributed by atoms with E-state index in [0.29, 0.717) is 0 Å². The Labute approximate surface area is 176 Å². The summed E-state index contributed by atoms with van der Waals surface area (Å²) in [6.45, 7) is 2.10. The van der Waals surface area contributed by atoms with Crippen molar-refractivity contribution in [3.8, 4) is 17.2 Å². The maximum atomic E-state index is 6.46. The van der Waals surface area contributed by atoms with Crippen LogP contribution in [0.2, 0.25) is 0 Å². The first-order valence-electron chi connectivity index (χ1n) is 10.1. The van der Waals surface area contributed by atoms with Crippen molar-refractivity contribution in [3.05, 3.63) is 89.0 Å². The van der Waals surface area contributed by atoms with Crippen molar-refractivity contribution in [1.82, 2.24) is 5.01 Å². The molecule has 2 aliphatic rings. The Bertz CT molecular complexity index is 1110. The maximum Gasteiger partial charge on any atom is 0.217 e. The number of methoxy groups -OCH3 is 2. The molecule has 5 heteroatoms. The number of hydrazone groups is 1. The van der Waals surface area contributed by atoms with E-state index in [1.807, 2.05) is 30.3 Å². The molecule has 0 N–H and O–H groups in total. The summed E-state index contributed by atoms with van der Waals surface area (Å²) >= 11 is 0. The smallest absolute Gasteiger partial charge is 0.217 e. The van der Waals surface area contributed by atoms with E-state index < -0.39 is 6.23 Å². The third kappa shape index (κ3) is 3.07. The normalized spacial score (nSPS) is 19.4. The van der Waals surface area contributed by atoms with Crippen molar-refractivity contribution in [2.75, 3.05) is 14.2 Å². The van der Waals surface area contributed by atoms with Gasteiger partial charge >= 0.3 is 0 Å². The third-order valence-electron chi connectivity index (χ3n) is 5.79. The Kier molecular flexibility index (Phi) is 4.58. The van der Waals surface area contributed by atoms with E-state index in [4.69, 9.17) is 19.3 Å². The third-order valence-corrected chi connectivity index (χ3v) is 5.79. The van der Waals surface area contributed by atoms with Gasteiger partial charge in [-0.3, -0.25) is 0 Å². The molecular weight excluding hydrogens is 376 g/mol. The molecule has 0 bridgehead atoms. The zero-order valence-corrected chi connectivity index (χ0v) is 17.3. The van der Waals surface area contributed by atoms with Gasteiger partial charge in [-0.1, -0.05) is 48.0 Å². The molecule has 2 heterocycles. The molecule has 0 aromatic heterocycles. The number of hydrogen-bond donors (Lipinski definition) is 0. The lowest BCUT2D eigenvalue weighted by molar-refractivity contribution is -0.0204. The maximum absolute atomic E-state index is 6.46. The summed E-state index contributed by atoms with van der Waals surface area (Å²) in [4.78, 5) is 0. The zero-order chi connectivity index (χ0) is 20.7. The van der Waals surface area contributed by atoms with Gasteiger partial charge in [0, 0.05) is 12.0 Å². The van der Waals surface area contributed by atoms with Gasteiger partial charge in [0.15, 0.2) is 0 Å². The summed E-state index contributed by atoms with van der Waals surface area (Å²) < 4.78 is 17.6. The highest BCUT2D eigenvalue weighted by atomic mass is 16.5. The monoisotopic (exact) mass is 400 g/mol. The highest BCUT2D eigenvalue weighted by Gasteiger charge is 2.42. The van der Waals surface area contributed by atoms with Crippen LogP contribution in [0, 0.1) is 6.92 Å². The van der Waals surface area contributed by atoms with Crippen LogP contribution in [-0.2, 0) is 0 Å². The van der Waals surface area contributed by atoms with Gasteiger partial charge in [0.05, 0.1) is 31.5 Å². The number of hydrogen-bond acceptors (Lipinski definition) is 5. The lowest BCUT2D eigenvalue weighted by Crippen LogP contribution is -2.33. The van der Waals surface area contributed by atoms with Gasteiger partial charge in [0.2, 0.25) is 6.23 Å². The quantitative estimate of drug-likeness (QED) is 0.600. The van der Waals surface area contributed by atoms with Gasteiger partial charge in [-0.2, -0.15) is 5.10 Å². The molecule has 0 unspecified atom stereocenters. The van der Waals surface area contributed by atoms with Gasteiger partial charge < -0.3 is 14.2 Å². The Morgan fingerprint density at radius 3 is 2.50 bits per heavy atom. The van der Waals surface area contributed by atoms with Crippen LogP contribution in [0.15, 0.2) is 71.8 Å². The minimum absolute atomic E-state index is 0.104. The van der Waals surface area contributed by atoms with Crippen LogP contribution in [0.4, 0.5) is 0 Å². The first kappa shape index (κ1) is 18.6. The molecule has 0 saturated carbocycles. The molecular formula is C25H24N2O3. The van der Waals surface area contributed by atoms with Crippen LogP contribution < -0.4 is 14.2 Å². The number of para-hydroxylation sites is 1. The fourth-order valence-electron chi connectivity index (χ4n) is 4.19. The Morgan fingerprint density at radius 2 is 1.73 bits per heavy atom. The number of benzene rings is 3. The Hall–Kier alpha value is -3.47. The van der Waals surface area contributed by atoms with Crippen molar-refractivity contribution in [2.45, 2.75) is 25.6 Å². The summed E-state index contributed by atoms with van der Waals surface area (Å²) in [5.41, 5.74) is 5.49. The first-order valence-corrected chi connectivity index (χ1v) is 10.1. The molecule has 3 aromatic carbocycles. The highest BCUT2D eigenvalue weighted by Crippen LogP contribution is 2.49. The lowest BCUT2D eigenvalue weighted by atomic mass is 9.95. The number of fused-ring (bicyclic) bond motifs is 3. The van der Waals surface area contributed by atoms with Gasteiger partial charge in [0.1, 0.15) is 17.2 Å². The van der Waals surface area contributed by atoms with E-state index in [0.717, 1.165) is 46.1 Å². The number of ether oxygens (including phenoxy) is 3. The highest BCUT2D eigenvalue weighted by molar-refractivity contribution is 6.02. The summed E-state index contributed by atoms with van der Waals surface area (Å²) in [7, 11) is 3.33. The minimum Gasteiger partial charge on any atom is -0.497 e. The van der Waals surface area contributed by atoms with Gasteiger partial charge in [0.25, 0.3) is 0 Å². The van der Waals surface area contributed by atoms with Crippen LogP contribution in [-0.4, -0.2) is 24.9 Å². The van der Waals surface area contributed by atoms with Gasteiger partial charge in [-0.15, -0.1) is 0 Å². The minimum atomic E-state index is -0.405. The van der Waals surface area contributed by atoms with Gasteiger partial charge in [-0.25, -0.2) is 5.01 Å². The molecule has 5 rings (SSSR count). The summed E-state index contributed by atoms with van der Waals surface area (Å²) in [5, 5.41) is 7.09. The fraction of sp³-hybridized carbons (Fsp3) is 0.240. The average molecular weight is 400 g/mol. The molecule has 0 radical (unpaired) electrons. The number of rotatable bonds is 4. The second-order valence-corrected chi connectivity index (χ2v) is 7.63. The van der Waals surface area contributed by atoms with Crippen molar-refractivity contribution in [1.29, 1.82) is 0 Å². The second kappa shape index (κ2) is 7.41. The van der Waals surface area contributed by atoms with E-state index >= 15 is 0 Å². The largest absolute Gasteiger partial charge is 0.497 e. The fourth-order valence-corrected chi connectivity index (χ4v) is 4.19. The van der Waals surface area contributed by atoms with E-state index in [9.17, 15) is 0 Å². The summed E-state index contributed by atoms with van der Waals surface area (Å²) in [6.07, 6.45) is 0.421. The molecule has 3 aromatic rings. The van der Waals surface area contributed by atoms with E-state index in [1.54, 1.807) is 14.2 Å². The van der Waals surface area contributed by atoms with E-state index in [1.165, 1.54) is 5.56 Å².